The normalized spacial score (nSPS) is 29.0. The van der Waals surface area contributed by atoms with E-state index in [2.05, 4.69) is 12.2 Å². The van der Waals surface area contributed by atoms with E-state index in [-0.39, 0.29) is 24.0 Å². The highest BCUT2D eigenvalue weighted by Gasteiger charge is 2.37. The predicted octanol–water partition coefficient (Wildman–Crippen LogP) is 1.38. The predicted molar refractivity (Wildman–Crippen MR) is 67.0 cm³/mol. The molecule has 2 rings (SSSR count). The Morgan fingerprint density at radius 3 is 3.11 bits per heavy atom. The van der Waals surface area contributed by atoms with Gasteiger partial charge in [0.05, 0.1) is 12.6 Å². The third-order valence-corrected chi connectivity index (χ3v) is 3.94. The van der Waals surface area contributed by atoms with Gasteiger partial charge in [-0.05, 0) is 12.8 Å². The highest BCUT2D eigenvalue weighted by atomic mass is 16.6. The number of carbonyl (C=O) groups excluding carboxylic acids is 2. The first-order valence-corrected chi connectivity index (χ1v) is 6.84. The van der Waals surface area contributed by atoms with Crippen molar-refractivity contribution in [2.24, 2.45) is 11.8 Å². The number of fused-ring (bicyclic) bond motifs is 1. The van der Waals surface area contributed by atoms with Crippen LogP contribution in [0.15, 0.2) is 0 Å². The number of piperidine rings is 1. The van der Waals surface area contributed by atoms with Gasteiger partial charge in [0, 0.05) is 24.9 Å². The van der Waals surface area contributed by atoms with Crippen molar-refractivity contribution in [3.8, 4) is 0 Å². The smallest absolute Gasteiger partial charge is 0.407 e. The molecule has 1 N–H and O–H groups in total. The second-order valence-electron chi connectivity index (χ2n) is 5.37. The zero-order valence-electron chi connectivity index (χ0n) is 11.1. The Hall–Kier alpha value is -1.26. The molecule has 5 heteroatoms. The number of ether oxygens (including phenoxy) is 1. The lowest BCUT2D eigenvalue weighted by Gasteiger charge is -2.41. The van der Waals surface area contributed by atoms with Crippen LogP contribution in [0.5, 0.6) is 0 Å². The van der Waals surface area contributed by atoms with Crippen molar-refractivity contribution in [1.29, 1.82) is 0 Å². The number of carbonyl (C=O) groups is 2. The molecule has 0 aromatic rings. The molecule has 2 fully saturated rings. The molecule has 2 aliphatic heterocycles. The maximum absolute atomic E-state index is 12.2. The molecule has 2 saturated heterocycles. The van der Waals surface area contributed by atoms with Crippen LogP contribution in [0.3, 0.4) is 0 Å². The van der Waals surface area contributed by atoms with Gasteiger partial charge in [-0.3, -0.25) is 4.79 Å². The Morgan fingerprint density at radius 2 is 2.39 bits per heavy atom. The fraction of sp³-hybridized carbons (Fsp3) is 0.846. The number of hydrogen-bond acceptors (Lipinski definition) is 3. The molecule has 0 radical (unpaired) electrons. The summed E-state index contributed by atoms with van der Waals surface area (Å²) in [5, 5.41) is 2.82. The van der Waals surface area contributed by atoms with E-state index in [9.17, 15) is 9.59 Å². The Morgan fingerprint density at radius 1 is 1.61 bits per heavy atom. The summed E-state index contributed by atoms with van der Waals surface area (Å²) in [4.78, 5) is 25.3. The van der Waals surface area contributed by atoms with E-state index in [0.29, 0.717) is 19.1 Å². The van der Waals surface area contributed by atoms with Crippen LogP contribution in [-0.4, -0.2) is 42.6 Å². The zero-order chi connectivity index (χ0) is 13.1. The van der Waals surface area contributed by atoms with Crippen LogP contribution in [0, 0.1) is 11.8 Å². The number of likely N-dealkylation sites (tertiary alicyclic amines) is 1. The molecule has 102 valence electrons. The van der Waals surface area contributed by atoms with Gasteiger partial charge in [-0.15, -0.1) is 0 Å². The molecule has 3 atom stereocenters. The van der Waals surface area contributed by atoms with Gasteiger partial charge in [0.2, 0.25) is 5.91 Å². The first-order chi connectivity index (χ1) is 8.61. The molecule has 0 unspecified atom stereocenters. The first-order valence-electron chi connectivity index (χ1n) is 6.84. The maximum atomic E-state index is 12.2. The van der Waals surface area contributed by atoms with E-state index in [0.717, 1.165) is 25.8 Å². The largest absolute Gasteiger partial charge is 0.449 e. The molecule has 0 aromatic heterocycles. The average Bonchev–Trinajstić information content (AvgIpc) is 2.37. The van der Waals surface area contributed by atoms with Gasteiger partial charge >= 0.3 is 6.09 Å². The van der Waals surface area contributed by atoms with Crippen LogP contribution in [-0.2, 0) is 9.53 Å². The Labute approximate surface area is 108 Å². The Bertz CT molecular complexity index is 332. The lowest BCUT2D eigenvalue weighted by molar-refractivity contribution is -0.137. The summed E-state index contributed by atoms with van der Waals surface area (Å²) in [7, 11) is 0. The van der Waals surface area contributed by atoms with Gasteiger partial charge in [-0.1, -0.05) is 20.3 Å². The summed E-state index contributed by atoms with van der Waals surface area (Å²) in [5.74, 6) is 0.659. The van der Waals surface area contributed by atoms with Gasteiger partial charge in [-0.2, -0.15) is 0 Å². The van der Waals surface area contributed by atoms with Crippen molar-refractivity contribution >= 4 is 12.0 Å². The van der Waals surface area contributed by atoms with Crippen LogP contribution >= 0.6 is 0 Å². The van der Waals surface area contributed by atoms with Crippen LogP contribution in [0.2, 0.25) is 0 Å². The molecule has 2 heterocycles. The Balaban J connectivity index is 1.92. The van der Waals surface area contributed by atoms with Crippen molar-refractivity contribution in [2.45, 2.75) is 39.2 Å². The third kappa shape index (κ3) is 2.76. The second kappa shape index (κ2) is 5.59. The average molecular weight is 254 g/mol. The Kier molecular flexibility index (Phi) is 4.09. The number of cyclic esters (lactones) is 1. The highest BCUT2D eigenvalue weighted by molar-refractivity contribution is 5.78. The standard InChI is InChI=1S/C13H22N2O3/c1-3-4-9(2)12(16)15-6-5-10-8-18-13(17)14-11(10)7-15/h9-11H,3-8H2,1-2H3,(H,14,17)/t9-,10-,11+/m1/s1. The first kappa shape index (κ1) is 13.2. The number of rotatable bonds is 3. The summed E-state index contributed by atoms with van der Waals surface area (Å²) < 4.78 is 4.98. The number of amides is 2. The minimum absolute atomic E-state index is 0.0674. The molecule has 2 aliphatic rings. The summed E-state index contributed by atoms with van der Waals surface area (Å²) >= 11 is 0. The maximum Gasteiger partial charge on any atom is 0.407 e. The van der Waals surface area contributed by atoms with Crippen molar-refractivity contribution in [3.63, 3.8) is 0 Å². The van der Waals surface area contributed by atoms with Crippen molar-refractivity contribution in [2.75, 3.05) is 19.7 Å². The summed E-state index contributed by atoms with van der Waals surface area (Å²) in [6.45, 7) is 5.98. The zero-order valence-corrected chi connectivity index (χ0v) is 11.1. The van der Waals surface area contributed by atoms with Crippen molar-refractivity contribution < 1.29 is 14.3 Å². The number of nitrogens with one attached hydrogen (secondary N) is 1. The van der Waals surface area contributed by atoms with Gasteiger partial charge in [0.15, 0.2) is 0 Å². The van der Waals surface area contributed by atoms with Gasteiger partial charge in [-0.25, -0.2) is 4.79 Å². The summed E-state index contributed by atoms with van der Waals surface area (Å²) in [6, 6.07) is 0.0674. The van der Waals surface area contributed by atoms with Crippen LogP contribution < -0.4 is 5.32 Å². The van der Waals surface area contributed by atoms with E-state index in [1.54, 1.807) is 0 Å². The quantitative estimate of drug-likeness (QED) is 0.827. The molecule has 0 saturated carbocycles. The minimum atomic E-state index is -0.354. The van der Waals surface area contributed by atoms with E-state index in [1.165, 1.54) is 0 Å². The van der Waals surface area contributed by atoms with Crippen LogP contribution in [0.1, 0.15) is 33.1 Å². The molecule has 18 heavy (non-hydrogen) atoms. The van der Waals surface area contributed by atoms with Gasteiger partial charge in [0.1, 0.15) is 0 Å². The lowest BCUT2D eigenvalue weighted by atomic mass is 9.90. The van der Waals surface area contributed by atoms with Crippen molar-refractivity contribution in [1.82, 2.24) is 10.2 Å². The van der Waals surface area contributed by atoms with E-state index >= 15 is 0 Å². The molecule has 0 bridgehead atoms. The van der Waals surface area contributed by atoms with Crippen LogP contribution in [0.4, 0.5) is 4.79 Å². The number of alkyl carbamates (subject to hydrolysis) is 1. The highest BCUT2D eigenvalue weighted by Crippen LogP contribution is 2.23. The number of hydrogen-bond donors (Lipinski definition) is 1. The molecule has 0 spiro atoms. The number of nitrogens with zero attached hydrogens (tertiary/aromatic N) is 1. The SMILES string of the molecule is CCC[C@@H](C)C(=O)N1CC[C@@H]2COC(=O)N[C@H]2C1. The molecule has 2 amide bonds. The molecule has 5 nitrogen and oxygen atoms in total. The monoisotopic (exact) mass is 254 g/mol. The molecule has 0 aromatic carbocycles. The molecular formula is C13H22N2O3. The van der Waals surface area contributed by atoms with Crippen LogP contribution in [0.25, 0.3) is 0 Å². The van der Waals surface area contributed by atoms with E-state index in [1.807, 2.05) is 11.8 Å². The molecule has 0 aliphatic carbocycles. The topological polar surface area (TPSA) is 58.6 Å². The fourth-order valence-corrected chi connectivity index (χ4v) is 2.81. The van der Waals surface area contributed by atoms with Gasteiger partial charge in [0.25, 0.3) is 0 Å². The summed E-state index contributed by atoms with van der Waals surface area (Å²) in [5.41, 5.74) is 0. The van der Waals surface area contributed by atoms with E-state index < -0.39 is 0 Å². The van der Waals surface area contributed by atoms with E-state index in [4.69, 9.17) is 4.74 Å². The lowest BCUT2D eigenvalue weighted by Crippen LogP contribution is -2.58. The second-order valence-corrected chi connectivity index (χ2v) is 5.37. The minimum Gasteiger partial charge on any atom is -0.449 e. The third-order valence-electron chi connectivity index (χ3n) is 3.94. The van der Waals surface area contributed by atoms with Crippen molar-refractivity contribution in [3.05, 3.63) is 0 Å². The van der Waals surface area contributed by atoms with Gasteiger partial charge < -0.3 is 15.0 Å². The fourth-order valence-electron chi connectivity index (χ4n) is 2.81. The summed E-state index contributed by atoms with van der Waals surface area (Å²) in [6.07, 6.45) is 2.51. The molecular weight excluding hydrogens is 232 g/mol.